The molecule has 0 saturated carbocycles. The Morgan fingerprint density at radius 1 is 1.21 bits per heavy atom. The highest BCUT2D eigenvalue weighted by atomic mass is 19.1. The summed E-state index contributed by atoms with van der Waals surface area (Å²) in [6, 6.07) is 17.8. The smallest absolute Gasteiger partial charge is 0.225 e. The molecule has 1 amide bonds. The van der Waals surface area contributed by atoms with Gasteiger partial charge in [-0.2, -0.15) is 10.2 Å². The molecule has 1 fully saturated rings. The molecule has 3 unspecified atom stereocenters. The number of nitrogens with one attached hydrogen (secondary N) is 1. The summed E-state index contributed by atoms with van der Waals surface area (Å²) in [7, 11) is 0. The van der Waals surface area contributed by atoms with Crippen molar-refractivity contribution in [3.8, 4) is 17.3 Å². The minimum atomic E-state index is -0.616. The summed E-state index contributed by atoms with van der Waals surface area (Å²) < 4.78 is 14.2. The predicted molar refractivity (Wildman–Crippen MR) is 129 cm³/mol. The topological polar surface area (TPSA) is 108 Å². The van der Waals surface area contributed by atoms with E-state index in [1.165, 1.54) is 12.1 Å². The Kier molecular flexibility index (Phi) is 6.73. The number of hydrogen-bond donors (Lipinski definition) is 2. The monoisotopic (exact) mass is 458 g/mol. The molecule has 174 valence electrons. The molecule has 1 aliphatic rings. The number of aromatic nitrogens is 2. The van der Waals surface area contributed by atoms with Crippen LogP contribution in [-0.2, 0) is 4.79 Å². The zero-order valence-corrected chi connectivity index (χ0v) is 19.2. The van der Waals surface area contributed by atoms with Gasteiger partial charge in [-0.3, -0.25) is 4.79 Å². The van der Waals surface area contributed by atoms with Crippen LogP contribution in [0.5, 0.6) is 0 Å². The molecule has 1 aromatic heterocycles. The fraction of sp³-hybridized carbons (Fsp3) is 0.308. The number of nitrogens with two attached hydrogens (primary N) is 1. The van der Waals surface area contributed by atoms with E-state index in [2.05, 4.69) is 27.1 Å². The molecule has 2 heterocycles. The number of carbonyl (C=O) groups excluding carboxylic acids is 1. The van der Waals surface area contributed by atoms with Crippen molar-refractivity contribution < 1.29 is 9.18 Å². The maximum absolute atomic E-state index is 14.2. The van der Waals surface area contributed by atoms with Crippen molar-refractivity contribution in [1.29, 1.82) is 5.26 Å². The maximum atomic E-state index is 14.2. The number of nitriles is 1. The van der Waals surface area contributed by atoms with Crippen molar-refractivity contribution in [2.75, 3.05) is 17.2 Å². The molecule has 1 saturated heterocycles. The van der Waals surface area contributed by atoms with E-state index >= 15 is 0 Å². The van der Waals surface area contributed by atoms with Crippen LogP contribution in [0.4, 0.5) is 16.2 Å². The summed E-state index contributed by atoms with van der Waals surface area (Å²) in [4.78, 5) is 23.8. The van der Waals surface area contributed by atoms with Gasteiger partial charge in [-0.15, -0.1) is 0 Å². The van der Waals surface area contributed by atoms with Crippen LogP contribution in [0.1, 0.15) is 43.9 Å². The first-order valence-corrected chi connectivity index (χ1v) is 11.3. The number of hydrogen-bond acceptors (Lipinski definition) is 6. The Hall–Kier alpha value is -3.99. The molecule has 0 bridgehead atoms. The largest absolute Gasteiger partial charge is 0.368 e. The second-order valence-electron chi connectivity index (χ2n) is 8.69. The number of rotatable bonds is 5. The summed E-state index contributed by atoms with van der Waals surface area (Å²) >= 11 is 0. The second kappa shape index (κ2) is 9.87. The number of benzene rings is 2. The SMILES string of the molecule is CC(NC(=O)C1CCC(C)N(c2cc(-c3ccc(C#N)c(F)c3)nc(N)n2)C1)c1ccccc1. The highest BCUT2D eigenvalue weighted by molar-refractivity contribution is 5.80. The molecule has 3 N–H and O–H groups in total. The quantitative estimate of drug-likeness (QED) is 0.593. The number of carbonyl (C=O) groups is 1. The number of halogens is 1. The minimum Gasteiger partial charge on any atom is -0.368 e. The van der Waals surface area contributed by atoms with E-state index in [-0.39, 0.29) is 35.4 Å². The molecule has 8 heteroatoms. The van der Waals surface area contributed by atoms with Crippen LogP contribution in [0.25, 0.3) is 11.3 Å². The lowest BCUT2D eigenvalue weighted by Crippen LogP contribution is -2.47. The Bertz CT molecular complexity index is 1230. The molecule has 0 spiro atoms. The predicted octanol–water partition coefficient (Wildman–Crippen LogP) is 4.22. The van der Waals surface area contributed by atoms with E-state index < -0.39 is 5.82 Å². The van der Waals surface area contributed by atoms with E-state index in [1.54, 1.807) is 12.1 Å². The number of anilines is 2. The third-order valence-corrected chi connectivity index (χ3v) is 6.32. The molecule has 3 atom stereocenters. The second-order valence-corrected chi connectivity index (χ2v) is 8.69. The van der Waals surface area contributed by atoms with Gasteiger partial charge in [-0.25, -0.2) is 9.37 Å². The van der Waals surface area contributed by atoms with Crippen molar-refractivity contribution in [3.05, 3.63) is 71.5 Å². The highest BCUT2D eigenvalue weighted by Crippen LogP contribution is 2.30. The minimum absolute atomic E-state index is 0.00432. The van der Waals surface area contributed by atoms with E-state index in [9.17, 15) is 9.18 Å². The molecule has 3 aromatic rings. The van der Waals surface area contributed by atoms with Gasteiger partial charge in [0.05, 0.1) is 23.2 Å². The molecule has 0 radical (unpaired) electrons. The van der Waals surface area contributed by atoms with Crippen LogP contribution in [0.3, 0.4) is 0 Å². The lowest BCUT2D eigenvalue weighted by molar-refractivity contribution is -0.126. The van der Waals surface area contributed by atoms with Gasteiger partial charge in [0.15, 0.2) is 0 Å². The lowest BCUT2D eigenvalue weighted by Gasteiger charge is -2.38. The van der Waals surface area contributed by atoms with Crippen molar-refractivity contribution in [3.63, 3.8) is 0 Å². The summed E-state index contributed by atoms with van der Waals surface area (Å²) in [6.07, 6.45) is 1.60. The van der Waals surface area contributed by atoms with Crippen molar-refractivity contribution in [2.24, 2.45) is 5.92 Å². The standard InChI is InChI=1S/C26H27FN6O/c1-16-8-9-21(25(34)30-17(2)18-6-4-3-5-7-18)15-33(16)24-13-23(31-26(29)32-24)19-10-11-20(14-28)22(27)12-19/h3-7,10-13,16-17,21H,8-9,15H2,1-2H3,(H,30,34)(H2,29,31,32). The van der Waals surface area contributed by atoms with E-state index in [0.717, 1.165) is 18.4 Å². The molecule has 1 aliphatic heterocycles. The fourth-order valence-electron chi connectivity index (χ4n) is 4.31. The molecule has 7 nitrogen and oxygen atoms in total. The van der Waals surface area contributed by atoms with Gasteiger partial charge in [0, 0.05) is 24.2 Å². The molecular weight excluding hydrogens is 431 g/mol. The van der Waals surface area contributed by atoms with Crippen molar-refractivity contribution in [2.45, 2.75) is 38.8 Å². The van der Waals surface area contributed by atoms with Crippen LogP contribution in [0, 0.1) is 23.1 Å². The first kappa shape index (κ1) is 23.2. The first-order valence-electron chi connectivity index (χ1n) is 11.3. The zero-order chi connectivity index (χ0) is 24.2. The van der Waals surface area contributed by atoms with Gasteiger partial charge in [0.2, 0.25) is 11.9 Å². The fourth-order valence-corrected chi connectivity index (χ4v) is 4.31. The van der Waals surface area contributed by atoms with Gasteiger partial charge in [0.25, 0.3) is 0 Å². The average molecular weight is 459 g/mol. The Morgan fingerprint density at radius 3 is 2.68 bits per heavy atom. The van der Waals surface area contributed by atoms with E-state index in [0.29, 0.717) is 23.6 Å². The van der Waals surface area contributed by atoms with Crippen LogP contribution >= 0.6 is 0 Å². The molecule has 34 heavy (non-hydrogen) atoms. The van der Waals surface area contributed by atoms with Gasteiger partial charge < -0.3 is 16.0 Å². The van der Waals surface area contributed by atoms with Gasteiger partial charge in [0.1, 0.15) is 17.7 Å². The highest BCUT2D eigenvalue weighted by Gasteiger charge is 2.31. The average Bonchev–Trinajstić information content (AvgIpc) is 2.84. The Morgan fingerprint density at radius 2 is 1.97 bits per heavy atom. The van der Waals surface area contributed by atoms with E-state index in [1.807, 2.05) is 43.3 Å². The first-order chi connectivity index (χ1) is 16.4. The van der Waals surface area contributed by atoms with Crippen molar-refractivity contribution in [1.82, 2.24) is 15.3 Å². The summed E-state index contributed by atoms with van der Waals surface area (Å²) in [6.45, 7) is 4.55. The van der Waals surface area contributed by atoms with Gasteiger partial charge in [-0.05, 0) is 44.4 Å². The molecule has 4 rings (SSSR count). The zero-order valence-electron chi connectivity index (χ0n) is 19.2. The molecular formula is C26H27FN6O. The van der Waals surface area contributed by atoms with Gasteiger partial charge >= 0.3 is 0 Å². The molecule has 0 aliphatic carbocycles. The number of piperidine rings is 1. The van der Waals surface area contributed by atoms with Crippen LogP contribution < -0.4 is 16.0 Å². The summed E-state index contributed by atoms with van der Waals surface area (Å²) in [5.41, 5.74) is 7.98. The maximum Gasteiger partial charge on any atom is 0.225 e. The van der Waals surface area contributed by atoms with Gasteiger partial charge in [-0.1, -0.05) is 36.4 Å². The molecule has 2 aromatic carbocycles. The van der Waals surface area contributed by atoms with Crippen LogP contribution in [0.15, 0.2) is 54.6 Å². The Labute approximate surface area is 198 Å². The number of amides is 1. The number of nitrogens with zero attached hydrogens (tertiary/aromatic N) is 4. The van der Waals surface area contributed by atoms with Crippen LogP contribution in [0.2, 0.25) is 0 Å². The summed E-state index contributed by atoms with van der Waals surface area (Å²) in [5.74, 6) is -0.157. The van der Waals surface area contributed by atoms with Crippen LogP contribution in [-0.4, -0.2) is 28.5 Å². The lowest BCUT2D eigenvalue weighted by atomic mass is 9.92. The summed E-state index contributed by atoms with van der Waals surface area (Å²) in [5, 5.41) is 12.1. The van der Waals surface area contributed by atoms with Crippen molar-refractivity contribution >= 4 is 17.7 Å². The third-order valence-electron chi connectivity index (χ3n) is 6.32. The Balaban J connectivity index is 1.54. The third kappa shape index (κ3) is 4.99. The normalized spacial score (nSPS) is 18.7. The number of nitrogen functional groups attached to an aromatic ring is 1. The van der Waals surface area contributed by atoms with E-state index in [4.69, 9.17) is 11.0 Å².